The second-order valence-electron chi connectivity index (χ2n) is 3.81. The van der Waals surface area contributed by atoms with Gasteiger partial charge in [0.25, 0.3) is 0 Å². The summed E-state index contributed by atoms with van der Waals surface area (Å²) in [4.78, 5) is 10.7. The smallest absolute Gasteiger partial charge is 0.335 e. The summed E-state index contributed by atoms with van der Waals surface area (Å²) in [5, 5.41) is 12.9. The number of benzene rings is 2. The molecule has 2 aromatic rings. The van der Waals surface area contributed by atoms with Gasteiger partial charge in [0, 0.05) is 4.47 Å². The fourth-order valence-corrected chi connectivity index (χ4v) is 1.87. The van der Waals surface area contributed by atoms with Crippen LogP contribution in [0.15, 0.2) is 58.1 Å². The Morgan fingerprint density at radius 2 is 1.95 bits per heavy atom. The van der Waals surface area contributed by atoms with Gasteiger partial charge in [0.05, 0.1) is 17.5 Å². The summed E-state index contributed by atoms with van der Waals surface area (Å²) >= 11 is 3.38. The van der Waals surface area contributed by atoms with Crippen molar-refractivity contribution in [2.24, 2.45) is 5.10 Å². The molecule has 2 aromatic carbocycles. The van der Waals surface area contributed by atoms with Gasteiger partial charge in [0.15, 0.2) is 0 Å². The van der Waals surface area contributed by atoms with Crippen LogP contribution >= 0.6 is 15.9 Å². The van der Waals surface area contributed by atoms with Crippen molar-refractivity contribution < 1.29 is 9.90 Å². The zero-order valence-electron chi connectivity index (χ0n) is 9.88. The minimum Gasteiger partial charge on any atom is -0.478 e. The first-order valence-corrected chi connectivity index (χ1v) is 6.32. The molecule has 0 aliphatic rings. The van der Waals surface area contributed by atoms with Crippen molar-refractivity contribution in [1.82, 2.24) is 0 Å². The van der Waals surface area contributed by atoms with Crippen molar-refractivity contribution in [3.63, 3.8) is 0 Å². The molecule has 0 aliphatic carbocycles. The minimum absolute atomic E-state index is 0.251. The topological polar surface area (TPSA) is 61.7 Å². The van der Waals surface area contributed by atoms with E-state index in [1.165, 1.54) is 12.1 Å². The summed E-state index contributed by atoms with van der Waals surface area (Å²) in [6, 6.07) is 14.1. The van der Waals surface area contributed by atoms with E-state index in [4.69, 9.17) is 5.11 Å². The Hall–Kier alpha value is -2.14. The molecule has 0 spiro atoms. The predicted octanol–water partition coefficient (Wildman–Crippen LogP) is 3.59. The number of hydrazone groups is 1. The molecular formula is C14H11BrN2O2. The van der Waals surface area contributed by atoms with Crippen LogP contribution in [0, 0.1) is 0 Å². The second-order valence-corrected chi connectivity index (χ2v) is 4.72. The molecule has 96 valence electrons. The number of carboxylic acid groups (broad SMARTS) is 1. The zero-order valence-corrected chi connectivity index (χ0v) is 11.5. The van der Waals surface area contributed by atoms with Crippen LogP contribution in [0.1, 0.15) is 15.9 Å². The van der Waals surface area contributed by atoms with Gasteiger partial charge in [-0.1, -0.05) is 28.1 Å². The molecule has 0 radical (unpaired) electrons. The Kier molecular flexibility index (Phi) is 4.30. The van der Waals surface area contributed by atoms with Gasteiger partial charge < -0.3 is 5.11 Å². The lowest BCUT2D eigenvalue weighted by molar-refractivity contribution is 0.0697. The van der Waals surface area contributed by atoms with E-state index in [1.54, 1.807) is 18.3 Å². The fraction of sp³-hybridized carbons (Fsp3) is 0. The Labute approximate surface area is 118 Å². The van der Waals surface area contributed by atoms with Gasteiger partial charge in [0.2, 0.25) is 0 Å². The SMILES string of the molecule is O=C(O)c1ccc(N/N=C/c2cccc(Br)c2)cc1. The molecule has 0 amide bonds. The van der Waals surface area contributed by atoms with E-state index < -0.39 is 5.97 Å². The Morgan fingerprint density at radius 1 is 1.21 bits per heavy atom. The molecule has 0 atom stereocenters. The molecule has 2 N–H and O–H groups in total. The number of aromatic carboxylic acids is 1. The van der Waals surface area contributed by atoms with E-state index in [-0.39, 0.29) is 5.56 Å². The highest BCUT2D eigenvalue weighted by atomic mass is 79.9. The average molecular weight is 319 g/mol. The third-order valence-corrected chi connectivity index (χ3v) is 2.88. The normalized spacial score (nSPS) is 10.6. The highest BCUT2D eigenvalue weighted by molar-refractivity contribution is 9.10. The standard InChI is InChI=1S/C14H11BrN2O2/c15-12-3-1-2-10(8-12)9-16-17-13-6-4-11(5-7-13)14(18)19/h1-9,17H,(H,18,19)/b16-9+. The highest BCUT2D eigenvalue weighted by Crippen LogP contribution is 2.11. The second kappa shape index (κ2) is 6.15. The molecule has 19 heavy (non-hydrogen) atoms. The van der Waals surface area contributed by atoms with Gasteiger partial charge in [-0.05, 0) is 42.0 Å². The number of halogens is 1. The van der Waals surface area contributed by atoms with Crippen LogP contribution in [0.25, 0.3) is 0 Å². The number of hydrogen-bond acceptors (Lipinski definition) is 3. The van der Waals surface area contributed by atoms with Crippen LogP contribution in [0.2, 0.25) is 0 Å². The molecule has 0 bridgehead atoms. The Balaban J connectivity index is 2.00. The number of rotatable bonds is 4. The fourth-order valence-electron chi connectivity index (χ4n) is 1.46. The van der Waals surface area contributed by atoms with Gasteiger partial charge in [-0.3, -0.25) is 5.43 Å². The van der Waals surface area contributed by atoms with E-state index in [0.717, 1.165) is 15.7 Å². The van der Waals surface area contributed by atoms with Crippen molar-refractivity contribution in [3.05, 3.63) is 64.1 Å². The maximum absolute atomic E-state index is 10.7. The Bertz CT molecular complexity index is 609. The number of nitrogens with one attached hydrogen (secondary N) is 1. The lowest BCUT2D eigenvalue weighted by Gasteiger charge is -2.00. The van der Waals surface area contributed by atoms with Crippen LogP contribution in [0.5, 0.6) is 0 Å². The number of nitrogens with zero attached hydrogens (tertiary/aromatic N) is 1. The number of hydrogen-bond donors (Lipinski definition) is 2. The van der Waals surface area contributed by atoms with Gasteiger partial charge in [0.1, 0.15) is 0 Å². The molecule has 0 aliphatic heterocycles. The largest absolute Gasteiger partial charge is 0.478 e. The van der Waals surface area contributed by atoms with E-state index in [1.807, 2.05) is 24.3 Å². The summed E-state index contributed by atoms with van der Waals surface area (Å²) in [7, 11) is 0. The number of carboxylic acids is 1. The van der Waals surface area contributed by atoms with Gasteiger partial charge in [-0.25, -0.2) is 4.79 Å². The molecule has 0 unspecified atom stereocenters. The van der Waals surface area contributed by atoms with Crippen molar-refractivity contribution in [2.75, 3.05) is 5.43 Å². The quantitative estimate of drug-likeness (QED) is 0.669. The maximum Gasteiger partial charge on any atom is 0.335 e. The third kappa shape index (κ3) is 3.93. The molecule has 0 heterocycles. The summed E-state index contributed by atoms with van der Waals surface area (Å²) < 4.78 is 0.988. The van der Waals surface area contributed by atoms with Gasteiger partial charge in [-0.15, -0.1) is 0 Å². The molecule has 0 fully saturated rings. The van der Waals surface area contributed by atoms with Crippen LogP contribution in [-0.2, 0) is 0 Å². The van der Waals surface area contributed by atoms with Crippen molar-refractivity contribution in [1.29, 1.82) is 0 Å². The first-order valence-electron chi connectivity index (χ1n) is 5.53. The number of anilines is 1. The van der Waals surface area contributed by atoms with Crippen LogP contribution in [-0.4, -0.2) is 17.3 Å². The van der Waals surface area contributed by atoms with E-state index >= 15 is 0 Å². The number of carbonyl (C=O) groups is 1. The molecular weight excluding hydrogens is 308 g/mol. The lowest BCUT2D eigenvalue weighted by atomic mass is 10.2. The van der Waals surface area contributed by atoms with Crippen LogP contribution in [0.3, 0.4) is 0 Å². The van der Waals surface area contributed by atoms with E-state index in [9.17, 15) is 4.79 Å². The van der Waals surface area contributed by atoms with Crippen molar-refractivity contribution in [3.8, 4) is 0 Å². The molecule has 4 nitrogen and oxygen atoms in total. The van der Waals surface area contributed by atoms with Crippen molar-refractivity contribution >= 4 is 33.8 Å². The summed E-state index contributed by atoms with van der Waals surface area (Å²) in [6.07, 6.45) is 1.69. The Morgan fingerprint density at radius 3 is 2.58 bits per heavy atom. The molecule has 2 rings (SSSR count). The predicted molar refractivity (Wildman–Crippen MR) is 78.8 cm³/mol. The maximum atomic E-state index is 10.7. The first-order chi connectivity index (χ1) is 9.15. The summed E-state index contributed by atoms with van der Waals surface area (Å²) in [6.45, 7) is 0. The molecule has 0 aromatic heterocycles. The average Bonchev–Trinajstić information content (AvgIpc) is 2.39. The zero-order chi connectivity index (χ0) is 13.7. The van der Waals surface area contributed by atoms with Crippen LogP contribution < -0.4 is 5.43 Å². The van der Waals surface area contributed by atoms with Crippen LogP contribution in [0.4, 0.5) is 5.69 Å². The van der Waals surface area contributed by atoms with Gasteiger partial charge >= 0.3 is 5.97 Å². The summed E-state index contributed by atoms with van der Waals surface area (Å²) in [5.74, 6) is -0.941. The monoisotopic (exact) mass is 318 g/mol. The third-order valence-electron chi connectivity index (χ3n) is 2.39. The lowest BCUT2D eigenvalue weighted by Crippen LogP contribution is -1.96. The molecule has 0 saturated heterocycles. The van der Waals surface area contributed by atoms with Crippen molar-refractivity contribution in [2.45, 2.75) is 0 Å². The van der Waals surface area contributed by atoms with E-state index in [0.29, 0.717) is 0 Å². The van der Waals surface area contributed by atoms with E-state index in [2.05, 4.69) is 26.5 Å². The first kappa shape index (κ1) is 13.3. The highest BCUT2D eigenvalue weighted by Gasteiger charge is 2.00. The van der Waals surface area contributed by atoms with Gasteiger partial charge in [-0.2, -0.15) is 5.10 Å². The molecule has 5 heteroatoms. The minimum atomic E-state index is -0.941. The molecule has 0 saturated carbocycles. The summed E-state index contributed by atoms with van der Waals surface area (Å²) in [5.41, 5.74) is 4.79.